The normalized spacial score (nSPS) is 10.3. The highest BCUT2D eigenvalue weighted by Crippen LogP contribution is 2.27. The van der Waals surface area contributed by atoms with Crippen LogP contribution in [0.4, 0.5) is 0 Å². The van der Waals surface area contributed by atoms with E-state index < -0.39 is 0 Å². The predicted octanol–water partition coefficient (Wildman–Crippen LogP) is 3.24. The highest BCUT2D eigenvalue weighted by molar-refractivity contribution is 9.10. The number of carbonyl (C=O) groups excluding carboxylic acids is 1. The Bertz CT molecular complexity index is 560. The number of methoxy groups -OCH3 is 1. The van der Waals surface area contributed by atoms with Crippen LogP contribution in [0.1, 0.15) is 10.4 Å². The SMILES string of the molecule is COC(=O)c1cn(C)cc1-c1cccc(Br)c1. The van der Waals surface area contributed by atoms with Crippen molar-refractivity contribution in [3.63, 3.8) is 0 Å². The first kappa shape index (κ1) is 11.9. The van der Waals surface area contributed by atoms with Gasteiger partial charge in [-0.05, 0) is 17.7 Å². The fourth-order valence-electron chi connectivity index (χ4n) is 1.74. The van der Waals surface area contributed by atoms with Gasteiger partial charge in [0.1, 0.15) is 0 Å². The van der Waals surface area contributed by atoms with E-state index in [0.29, 0.717) is 5.56 Å². The summed E-state index contributed by atoms with van der Waals surface area (Å²) in [5, 5.41) is 0. The molecule has 0 bridgehead atoms. The second-order valence-corrected chi connectivity index (χ2v) is 4.67. The number of halogens is 1. The van der Waals surface area contributed by atoms with E-state index in [9.17, 15) is 4.79 Å². The summed E-state index contributed by atoms with van der Waals surface area (Å²) in [6.07, 6.45) is 3.68. The van der Waals surface area contributed by atoms with Crippen molar-refractivity contribution in [2.45, 2.75) is 0 Å². The van der Waals surface area contributed by atoms with Crippen molar-refractivity contribution >= 4 is 21.9 Å². The first-order valence-corrected chi connectivity index (χ1v) is 5.91. The second-order valence-electron chi connectivity index (χ2n) is 3.75. The van der Waals surface area contributed by atoms with Crippen LogP contribution in [0.2, 0.25) is 0 Å². The van der Waals surface area contributed by atoms with Crippen molar-refractivity contribution < 1.29 is 9.53 Å². The highest BCUT2D eigenvalue weighted by Gasteiger charge is 2.15. The number of hydrogen-bond acceptors (Lipinski definition) is 2. The number of aryl methyl sites for hydroxylation is 1. The molecular weight excluding hydrogens is 282 g/mol. The quantitative estimate of drug-likeness (QED) is 0.796. The minimum atomic E-state index is -0.319. The number of esters is 1. The van der Waals surface area contributed by atoms with Crippen LogP contribution in [-0.2, 0) is 11.8 Å². The van der Waals surface area contributed by atoms with Crippen molar-refractivity contribution in [2.24, 2.45) is 7.05 Å². The van der Waals surface area contributed by atoms with Crippen LogP contribution in [0, 0.1) is 0 Å². The lowest BCUT2D eigenvalue weighted by molar-refractivity contribution is 0.0601. The van der Waals surface area contributed by atoms with Crippen LogP contribution >= 0.6 is 15.9 Å². The third-order valence-electron chi connectivity index (χ3n) is 2.50. The maximum Gasteiger partial charge on any atom is 0.340 e. The molecule has 1 aromatic heterocycles. The summed E-state index contributed by atoms with van der Waals surface area (Å²) >= 11 is 3.42. The van der Waals surface area contributed by atoms with E-state index in [1.165, 1.54) is 7.11 Å². The number of carbonyl (C=O) groups is 1. The Morgan fingerprint density at radius 2 is 2.12 bits per heavy atom. The largest absolute Gasteiger partial charge is 0.465 e. The molecule has 1 aromatic carbocycles. The molecule has 0 atom stereocenters. The highest BCUT2D eigenvalue weighted by atomic mass is 79.9. The van der Waals surface area contributed by atoms with E-state index in [2.05, 4.69) is 15.9 Å². The van der Waals surface area contributed by atoms with Gasteiger partial charge in [-0.15, -0.1) is 0 Å². The molecule has 0 aliphatic rings. The predicted molar refractivity (Wildman–Crippen MR) is 69.9 cm³/mol. The number of hydrogen-bond donors (Lipinski definition) is 0. The third kappa shape index (κ3) is 2.42. The fraction of sp³-hybridized carbons (Fsp3) is 0.154. The molecule has 0 spiro atoms. The number of aromatic nitrogens is 1. The molecule has 0 amide bonds. The van der Waals surface area contributed by atoms with Crippen LogP contribution in [-0.4, -0.2) is 17.6 Å². The van der Waals surface area contributed by atoms with Gasteiger partial charge in [-0.25, -0.2) is 4.79 Å². The summed E-state index contributed by atoms with van der Waals surface area (Å²) in [6, 6.07) is 7.83. The lowest BCUT2D eigenvalue weighted by Crippen LogP contribution is -2.01. The van der Waals surface area contributed by atoms with Crippen LogP contribution in [0.25, 0.3) is 11.1 Å². The zero-order valence-corrected chi connectivity index (χ0v) is 11.2. The summed E-state index contributed by atoms with van der Waals surface area (Å²) in [7, 11) is 3.27. The molecule has 88 valence electrons. The number of rotatable bonds is 2. The van der Waals surface area contributed by atoms with Crippen LogP contribution in [0.3, 0.4) is 0 Å². The lowest BCUT2D eigenvalue weighted by Gasteiger charge is -2.02. The van der Waals surface area contributed by atoms with Gasteiger partial charge in [-0.1, -0.05) is 28.1 Å². The van der Waals surface area contributed by atoms with E-state index in [4.69, 9.17) is 4.74 Å². The summed E-state index contributed by atoms with van der Waals surface area (Å²) in [5.74, 6) is -0.319. The zero-order chi connectivity index (χ0) is 12.4. The zero-order valence-electron chi connectivity index (χ0n) is 9.61. The summed E-state index contributed by atoms with van der Waals surface area (Å²) in [4.78, 5) is 11.7. The first-order valence-electron chi connectivity index (χ1n) is 5.12. The van der Waals surface area contributed by atoms with Crippen molar-refractivity contribution in [2.75, 3.05) is 7.11 Å². The smallest absolute Gasteiger partial charge is 0.340 e. The van der Waals surface area contributed by atoms with Crippen LogP contribution in [0.15, 0.2) is 41.1 Å². The van der Waals surface area contributed by atoms with Crippen molar-refractivity contribution in [3.8, 4) is 11.1 Å². The van der Waals surface area contributed by atoms with Gasteiger partial charge in [0.05, 0.1) is 12.7 Å². The molecule has 2 rings (SSSR count). The average Bonchev–Trinajstić information content (AvgIpc) is 2.70. The number of ether oxygens (including phenoxy) is 1. The molecule has 0 N–H and O–H groups in total. The Balaban J connectivity index is 2.55. The van der Waals surface area contributed by atoms with E-state index in [1.54, 1.807) is 6.20 Å². The van der Waals surface area contributed by atoms with E-state index in [0.717, 1.165) is 15.6 Å². The topological polar surface area (TPSA) is 31.2 Å². The molecule has 0 aliphatic heterocycles. The van der Waals surface area contributed by atoms with Gasteiger partial charge < -0.3 is 9.30 Å². The minimum absolute atomic E-state index is 0.319. The molecule has 1 heterocycles. The Morgan fingerprint density at radius 1 is 1.35 bits per heavy atom. The standard InChI is InChI=1S/C13H12BrNO2/c1-15-7-11(12(8-15)13(16)17-2)9-4-3-5-10(14)6-9/h3-8H,1-2H3. The molecule has 0 fully saturated rings. The Morgan fingerprint density at radius 3 is 2.76 bits per heavy atom. The van der Waals surface area contributed by atoms with Crippen LogP contribution < -0.4 is 0 Å². The van der Waals surface area contributed by atoms with E-state index >= 15 is 0 Å². The number of benzene rings is 1. The van der Waals surface area contributed by atoms with E-state index in [1.807, 2.05) is 42.1 Å². The molecule has 0 radical (unpaired) electrons. The molecule has 0 saturated heterocycles. The maximum atomic E-state index is 11.7. The Kier molecular flexibility index (Phi) is 3.33. The average molecular weight is 294 g/mol. The van der Waals surface area contributed by atoms with Gasteiger partial charge in [-0.3, -0.25) is 0 Å². The maximum absolute atomic E-state index is 11.7. The van der Waals surface area contributed by atoms with Crippen molar-refractivity contribution in [3.05, 3.63) is 46.7 Å². The van der Waals surface area contributed by atoms with Gasteiger partial charge in [0, 0.05) is 29.5 Å². The van der Waals surface area contributed by atoms with Crippen molar-refractivity contribution in [1.82, 2.24) is 4.57 Å². The molecule has 17 heavy (non-hydrogen) atoms. The second kappa shape index (κ2) is 4.75. The van der Waals surface area contributed by atoms with Crippen molar-refractivity contribution in [1.29, 1.82) is 0 Å². The van der Waals surface area contributed by atoms with E-state index in [-0.39, 0.29) is 5.97 Å². The molecule has 0 unspecified atom stereocenters. The first-order chi connectivity index (χ1) is 8.11. The monoisotopic (exact) mass is 293 g/mol. The Hall–Kier alpha value is -1.55. The molecule has 2 aromatic rings. The molecule has 3 nitrogen and oxygen atoms in total. The van der Waals surface area contributed by atoms with Gasteiger partial charge in [0.25, 0.3) is 0 Å². The van der Waals surface area contributed by atoms with Gasteiger partial charge >= 0.3 is 5.97 Å². The lowest BCUT2D eigenvalue weighted by atomic mass is 10.1. The van der Waals surface area contributed by atoms with Gasteiger partial charge in [0.15, 0.2) is 0 Å². The molecular formula is C13H12BrNO2. The molecule has 0 aliphatic carbocycles. The van der Waals surface area contributed by atoms with Gasteiger partial charge in [0.2, 0.25) is 0 Å². The third-order valence-corrected chi connectivity index (χ3v) is 2.99. The molecule has 4 heteroatoms. The number of nitrogens with zero attached hydrogens (tertiary/aromatic N) is 1. The van der Waals surface area contributed by atoms with Crippen LogP contribution in [0.5, 0.6) is 0 Å². The molecule has 0 saturated carbocycles. The summed E-state index contributed by atoms with van der Waals surface area (Å²) < 4.78 is 7.61. The Labute approximate surface area is 108 Å². The summed E-state index contributed by atoms with van der Waals surface area (Å²) in [5.41, 5.74) is 2.44. The fourth-order valence-corrected chi connectivity index (χ4v) is 2.14. The summed E-state index contributed by atoms with van der Waals surface area (Å²) in [6.45, 7) is 0. The van der Waals surface area contributed by atoms with Gasteiger partial charge in [-0.2, -0.15) is 0 Å². The minimum Gasteiger partial charge on any atom is -0.465 e.